The van der Waals surface area contributed by atoms with Crippen LogP contribution in [0.3, 0.4) is 0 Å². The quantitative estimate of drug-likeness (QED) is 0.0261. The molecule has 0 amide bonds. The van der Waals surface area contributed by atoms with Crippen LogP contribution in [-0.2, 0) is 28.6 Å². The number of esters is 3. The number of ether oxygens (including phenoxy) is 3. The van der Waals surface area contributed by atoms with Gasteiger partial charge in [-0.1, -0.05) is 306 Å². The number of carbonyl (C=O) groups excluding carboxylic acids is 3. The van der Waals surface area contributed by atoms with Crippen molar-refractivity contribution in [1.82, 2.24) is 0 Å². The van der Waals surface area contributed by atoms with E-state index in [4.69, 9.17) is 14.2 Å². The lowest BCUT2D eigenvalue weighted by atomic mass is 10.0. The van der Waals surface area contributed by atoms with E-state index in [0.29, 0.717) is 19.3 Å². The van der Waals surface area contributed by atoms with Crippen molar-refractivity contribution in [1.29, 1.82) is 0 Å². The summed E-state index contributed by atoms with van der Waals surface area (Å²) in [7, 11) is 0. The third kappa shape index (κ3) is 63.7. The van der Waals surface area contributed by atoms with Gasteiger partial charge in [0.25, 0.3) is 0 Å². The monoisotopic (exact) mass is 1090 g/mol. The van der Waals surface area contributed by atoms with Crippen molar-refractivity contribution in [2.24, 2.45) is 0 Å². The molecular formula is C72H128O6. The molecule has 0 spiro atoms. The lowest BCUT2D eigenvalue weighted by Crippen LogP contribution is -2.30. The van der Waals surface area contributed by atoms with E-state index >= 15 is 0 Å². The molecule has 0 fully saturated rings. The fraction of sp³-hybridized carbons (Fsp3) is 0.792. The summed E-state index contributed by atoms with van der Waals surface area (Å²) < 4.78 is 16.8. The summed E-state index contributed by atoms with van der Waals surface area (Å²) >= 11 is 0. The average Bonchev–Trinajstić information content (AvgIpc) is 3.44. The van der Waals surface area contributed by atoms with E-state index in [-0.39, 0.29) is 31.1 Å². The molecule has 0 aliphatic heterocycles. The van der Waals surface area contributed by atoms with Gasteiger partial charge in [0, 0.05) is 19.3 Å². The highest BCUT2D eigenvalue weighted by atomic mass is 16.6. The van der Waals surface area contributed by atoms with Crippen molar-refractivity contribution in [3.05, 3.63) is 72.9 Å². The Morgan fingerprint density at radius 1 is 0.256 bits per heavy atom. The van der Waals surface area contributed by atoms with Gasteiger partial charge in [-0.25, -0.2) is 0 Å². The van der Waals surface area contributed by atoms with Gasteiger partial charge < -0.3 is 14.2 Å². The van der Waals surface area contributed by atoms with Crippen LogP contribution in [0.2, 0.25) is 0 Å². The molecule has 78 heavy (non-hydrogen) atoms. The first-order valence-corrected chi connectivity index (χ1v) is 33.9. The molecule has 6 heteroatoms. The summed E-state index contributed by atoms with van der Waals surface area (Å²) in [5, 5.41) is 0. The first kappa shape index (κ1) is 74.8. The van der Waals surface area contributed by atoms with Crippen molar-refractivity contribution < 1.29 is 28.6 Å². The van der Waals surface area contributed by atoms with E-state index in [0.717, 1.165) is 83.5 Å². The van der Waals surface area contributed by atoms with Gasteiger partial charge >= 0.3 is 17.9 Å². The molecule has 0 aliphatic rings. The third-order valence-electron chi connectivity index (χ3n) is 14.9. The minimum atomic E-state index is -0.775. The van der Waals surface area contributed by atoms with E-state index in [1.165, 1.54) is 225 Å². The van der Waals surface area contributed by atoms with Gasteiger partial charge in [0.2, 0.25) is 0 Å². The smallest absolute Gasteiger partial charge is 0.306 e. The maximum absolute atomic E-state index is 12.9. The van der Waals surface area contributed by atoms with Crippen LogP contribution >= 0.6 is 0 Å². The van der Waals surface area contributed by atoms with E-state index in [9.17, 15) is 14.4 Å². The Morgan fingerprint density at radius 3 is 0.718 bits per heavy atom. The maximum atomic E-state index is 12.9. The van der Waals surface area contributed by atoms with Crippen LogP contribution in [0.1, 0.15) is 348 Å². The molecule has 0 radical (unpaired) electrons. The fourth-order valence-corrected chi connectivity index (χ4v) is 9.81. The summed E-state index contributed by atoms with van der Waals surface area (Å²) in [6.45, 7) is 6.59. The molecule has 0 heterocycles. The van der Waals surface area contributed by atoms with Gasteiger partial charge in [-0.2, -0.15) is 0 Å². The van der Waals surface area contributed by atoms with Gasteiger partial charge in [-0.3, -0.25) is 14.4 Å². The van der Waals surface area contributed by atoms with Crippen LogP contribution < -0.4 is 0 Å². The van der Waals surface area contributed by atoms with Crippen LogP contribution in [0.15, 0.2) is 72.9 Å². The predicted octanol–water partition coefficient (Wildman–Crippen LogP) is 23.3. The zero-order valence-corrected chi connectivity index (χ0v) is 51.9. The van der Waals surface area contributed by atoms with Gasteiger partial charge in [0.05, 0.1) is 0 Å². The average molecular weight is 1090 g/mol. The molecule has 452 valence electrons. The Kier molecular flexibility index (Phi) is 63.7. The second kappa shape index (κ2) is 66.4. The highest BCUT2D eigenvalue weighted by Gasteiger charge is 2.19. The predicted molar refractivity (Wildman–Crippen MR) is 339 cm³/mol. The molecular weight excluding hydrogens is 961 g/mol. The molecule has 1 unspecified atom stereocenters. The molecule has 0 saturated heterocycles. The Morgan fingerprint density at radius 2 is 0.462 bits per heavy atom. The number of carbonyl (C=O) groups is 3. The molecule has 1 atom stereocenters. The molecule has 0 aromatic rings. The molecule has 0 rings (SSSR count). The van der Waals surface area contributed by atoms with Crippen molar-refractivity contribution in [2.75, 3.05) is 13.2 Å². The Balaban J connectivity index is 4.05. The van der Waals surface area contributed by atoms with Crippen LogP contribution in [0.25, 0.3) is 0 Å². The summed E-state index contributed by atoms with van der Waals surface area (Å²) in [6.07, 6.45) is 86.7. The largest absolute Gasteiger partial charge is 0.462 e. The van der Waals surface area contributed by atoms with Crippen LogP contribution in [0, 0.1) is 0 Å². The number of hydrogen-bond donors (Lipinski definition) is 0. The molecule has 6 nitrogen and oxygen atoms in total. The van der Waals surface area contributed by atoms with Crippen molar-refractivity contribution in [2.45, 2.75) is 354 Å². The van der Waals surface area contributed by atoms with Crippen molar-refractivity contribution >= 4 is 17.9 Å². The Bertz CT molecular complexity index is 1440. The highest BCUT2D eigenvalue weighted by molar-refractivity contribution is 5.71. The van der Waals surface area contributed by atoms with Crippen LogP contribution in [-0.4, -0.2) is 37.2 Å². The highest BCUT2D eigenvalue weighted by Crippen LogP contribution is 2.17. The molecule has 0 aromatic carbocycles. The third-order valence-corrected chi connectivity index (χ3v) is 14.9. The molecule has 0 bridgehead atoms. The van der Waals surface area contributed by atoms with E-state index in [2.05, 4.69) is 93.7 Å². The normalized spacial score (nSPS) is 12.5. The standard InChI is InChI=1S/C72H128O6/c1-4-7-10-13-16-18-20-22-24-26-28-30-32-34-35-36-37-39-40-42-44-46-48-50-52-54-56-59-62-65-71(74)77-68-69(67-76-70(73)64-61-58-15-12-9-6-3)78-72(75)66-63-60-57-55-53-51-49-47-45-43-41-38-33-31-29-27-25-23-21-19-17-14-11-8-5-2/h20-23,26-29,32-34,38,69H,4-19,24-25,30-31,35-37,39-68H2,1-3H3/b22-20-,23-21-,28-26-,29-27-,34-32-,38-33-. The number of allylic oxidation sites excluding steroid dienone is 12. The summed E-state index contributed by atoms with van der Waals surface area (Å²) in [5.41, 5.74) is 0. The molecule has 0 aliphatic carbocycles. The van der Waals surface area contributed by atoms with Gasteiger partial charge in [0.1, 0.15) is 13.2 Å². The Hall–Kier alpha value is -3.15. The van der Waals surface area contributed by atoms with E-state index in [1.54, 1.807) is 0 Å². The molecule has 0 N–H and O–H groups in total. The maximum Gasteiger partial charge on any atom is 0.306 e. The lowest BCUT2D eigenvalue weighted by Gasteiger charge is -2.18. The first-order chi connectivity index (χ1) is 38.5. The minimum absolute atomic E-state index is 0.0747. The number of unbranched alkanes of at least 4 members (excludes halogenated alkanes) is 39. The minimum Gasteiger partial charge on any atom is -0.462 e. The first-order valence-electron chi connectivity index (χ1n) is 33.9. The topological polar surface area (TPSA) is 78.9 Å². The van der Waals surface area contributed by atoms with Crippen LogP contribution in [0.5, 0.6) is 0 Å². The van der Waals surface area contributed by atoms with E-state index in [1.807, 2.05) is 0 Å². The summed E-state index contributed by atoms with van der Waals surface area (Å²) in [4.78, 5) is 38.1. The van der Waals surface area contributed by atoms with Crippen molar-refractivity contribution in [3.8, 4) is 0 Å². The second-order valence-corrected chi connectivity index (χ2v) is 22.7. The number of rotatable bonds is 62. The van der Waals surface area contributed by atoms with Gasteiger partial charge in [-0.05, 0) is 96.3 Å². The van der Waals surface area contributed by atoms with Crippen molar-refractivity contribution in [3.63, 3.8) is 0 Å². The van der Waals surface area contributed by atoms with Crippen LogP contribution in [0.4, 0.5) is 0 Å². The molecule has 0 saturated carbocycles. The zero-order valence-electron chi connectivity index (χ0n) is 51.9. The summed E-state index contributed by atoms with van der Waals surface area (Å²) in [5.74, 6) is -0.874. The number of hydrogen-bond acceptors (Lipinski definition) is 6. The second-order valence-electron chi connectivity index (χ2n) is 22.7. The fourth-order valence-electron chi connectivity index (χ4n) is 9.81. The Labute approximate surface area is 484 Å². The summed E-state index contributed by atoms with van der Waals surface area (Å²) in [6, 6.07) is 0. The SMILES string of the molecule is CCCCCCC/C=C\C/C=C\C/C=C\CCCCCCCCCCCCCCCCC(=O)OCC(COC(=O)CCCCCCCC)OC(=O)CCCCCCCCCCCC/C=C\C/C=C\C/C=C\CCCCCCC. The van der Waals surface area contributed by atoms with Gasteiger partial charge in [0.15, 0.2) is 6.10 Å². The van der Waals surface area contributed by atoms with E-state index < -0.39 is 6.10 Å². The van der Waals surface area contributed by atoms with Gasteiger partial charge in [-0.15, -0.1) is 0 Å². The lowest BCUT2D eigenvalue weighted by molar-refractivity contribution is -0.167. The zero-order chi connectivity index (χ0) is 56.4. The molecule has 0 aromatic heterocycles.